The number of rotatable bonds is 6. The van der Waals surface area contributed by atoms with Gasteiger partial charge in [-0.2, -0.15) is 18.2 Å². The normalized spacial score (nSPS) is 15.1. The average Bonchev–Trinajstić information content (AvgIpc) is 3.09. The minimum absolute atomic E-state index is 0.000150. The summed E-state index contributed by atoms with van der Waals surface area (Å²) in [5.74, 6) is 0.789. The molecule has 8 heteroatoms. The summed E-state index contributed by atoms with van der Waals surface area (Å²) >= 11 is 0. The summed E-state index contributed by atoms with van der Waals surface area (Å²) in [5, 5.41) is 5.93. The molecule has 3 rings (SSSR count). The van der Waals surface area contributed by atoms with Gasteiger partial charge in [-0.1, -0.05) is 12.8 Å². The molecule has 26 heavy (non-hydrogen) atoms. The van der Waals surface area contributed by atoms with Crippen LogP contribution in [0, 0.1) is 0 Å². The molecule has 0 spiro atoms. The van der Waals surface area contributed by atoms with E-state index >= 15 is 0 Å². The highest BCUT2D eigenvalue weighted by Crippen LogP contribution is 2.31. The van der Waals surface area contributed by atoms with Crippen molar-refractivity contribution in [3.8, 4) is 5.75 Å². The molecule has 0 unspecified atom stereocenters. The molecule has 2 N–H and O–H groups in total. The van der Waals surface area contributed by atoms with Gasteiger partial charge < -0.3 is 15.4 Å². The van der Waals surface area contributed by atoms with Gasteiger partial charge in [0.15, 0.2) is 5.69 Å². The average molecular weight is 366 g/mol. The Balaban J connectivity index is 1.82. The summed E-state index contributed by atoms with van der Waals surface area (Å²) < 4.78 is 44.9. The minimum Gasteiger partial charge on any atom is -0.494 e. The topological polar surface area (TPSA) is 59.1 Å². The number of nitrogens with one attached hydrogen (secondary N) is 2. The molecule has 2 aromatic rings. The number of benzene rings is 1. The molecule has 1 aliphatic rings. The summed E-state index contributed by atoms with van der Waals surface area (Å²) in [5.41, 5.74) is -0.353. The first kappa shape index (κ1) is 18.3. The summed E-state index contributed by atoms with van der Waals surface area (Å²) in [6.07, 6.45) is -0.575. The van der Waals surface area contributed by atoms with Crippen LogP contribution in [0.1, 0.15) is 38.3 Å². The van der Waals surface area contributed by atoms with Gasteiger partial charge in [0.1, 0.15) is 11.6 Å². The fourth-order valence-electron chi connectivity index (χ4n) is 2.92. The van der Waals surface area contributed by atoms with Gasteiger partial charge in [0, 0.05) is 17.8 Å². The molecular weight excluding hydrogens is 345 g/mol. The van der Waals surface area contributed by atoms with Crippen molar-refractivity contribution in [2.24, 2.45) is 0 Å². The van der Waals surface area contributed by atoms with Gasteiger partial charge in [0.25, 0.3) is 0 Å². The van der Waals surface area contributed by atoms with Gasteiger partial charge in [0.2, 0.25) is 5.95 Å². The van der Waals surface area contributed by atoms with Crippen molar-refractivity contribution >= 4 is 17.5 Å². The molecule has 1 fully saturated rings. The second-order valence-electron chi connectivity index (χ2n) is 6.17. The molecule has 1 aromatic heterocycles. The van der Waals surface area contributed by atoms with Crippen LogP contribution in [0.25, 0.3) is 0 Å². The van der Waals surface area contributed by atoms with Crippen molar-refractivity contribution in [1.29, 1.82) is 0 Å². The van der Waals surface area contributed by atoms with Crippen molar-refractivity contribution in [3.05, 3.63) is 36.0 Å². The molecule has 0 aliphatic heterocycles. The van der Waals surface area contributed by atoms with E-state index in [1.54, 1.807) is 24.3 Å². The quantitative estimate of drug-likeness (QED) is 0.754. The largest absolute Gasteiger partial charge is 0.494 e. The van der Waals surface area contributed by atoms with E-state index in [1.165, 1.54) is 0 Å². The Labute approximate surface area is 150 Å². The summed E-state index contributed by atoms with van der Waals surface area (Å²) in [6, 6.07) is 7.98. The maximum absolute atomic E-state index is 13.2. The van der Waals surface area contributed by atoms with Crippen molar-refractivity contribution in [1.82, 2.24) is 9.97 Å². The molecule has 1 aromatic carbocycles. The Morgan fingerprint density at radius 2 is 1.81 bits per heavy atom. The summed E-state index contributed by atoms with van der Waals surface area (Å²) in [6.45, 7) is 2.43. The van der Waals surface area contributed by atoms with Crippen LogP contribution in [0.3, 0.4) is 0 Å². The van der Waals surface area contributed by atoms with E-state index < -0.39 is 11.9 Å². The van der Waals surface area contributed by atoms with Gasteiger partial charge in [-0.15, -0.1) is 0 Å². The number of alkyl halides is 3. The fraction of sp³-hybridized carbons (Fsp3) is 0.444. The zero-order chi connectivity index (χ0) is 18.6. The molecule has 140 valence electrons. The van der Waals surface area contributed by atoms with Crippen LogP contribution < -0.4 is 15.4 Å². The molecule has 5 nitrogen and oxygen atoms in total. The fourth-order valence-corrected chi connectivity index (χ4v) is 2.92. The lowest BCUT2D eigenvalue weighted by Crippen LogP contribution is -2.19. The molecule has 0 saturated heterocycles. The van der Waals surface area contributed by atoms with Gasteiger partial charge in [-0.05, 0) is 44.0 Å². The SMILES string of the molecule is CCOc1ccc(Nc2cc(C(F)(F)F)nc(NC3CCCC3)n2)cc1. The number of anilines is 3. The zero-order valence-electron chi connectivity index (χ0n) is 14.4. The number of ether oxygens (including phenoxy) is 1. The predicted octanol–water partition coefficient (Wildman–Crippen LogP) is 4.99. The molecule has 0 amide bonds. The van der Waals surface area contributed by atoms with Crippen LogP contribution in [0.4, 0.5) is 30.6 Å². The molecular formula is C18H21F3N4O. The molecule has 1 heterocycles. The Morgan fingerprint density at radius 1 is 1.12 bits per heavy atom. The Morgan fingerprint density at radius 3 is 2.42 bits per heavy atom. The lowest BCUT2D eigenvalue weighted by atomic mass is 10.2. The van der Waals surface area contributed by atoms with Crippen LogP contribution in [0.5, 0.6) is 5.75 Å². The maximum Gasteiger partial charge on any atom is 0.433 e. The van der Waals surface area contributed by atoms with E-state index in [0.29, 0.717) is 18.0 Å². The Bertz CT molecular complexity index is 728. The lowest BCUT2D eigenvalue weighted by molar-refractivity contribution is -0.141. The van der Waals surface area contributed by atoms with E-state index in [-0.39, 0.29) is 17.8 Å². The highest BCUT2D eigenvalue weighted by Gasteiger charge is 2.34. The highest BCUT2D eigenvalue weighted by molar-refractivity contribution is 5.58. The van der Waals surface area contributed by atoms with Crippen molar-refractivity contribution in [3.63, 3.8) is 0 Å². The van der Waals surface area contributed by atoms with Gasteiger partial charge in [-0.3, -0.25) is 0 Å². The van der Waals surface area contributed by atoms with Crippen LogP contribution >= 0.6 is 0 Å². The third kappa shape index (κ3) is 4.77. The van der Waals surface area contributed by atoms with Crippen molar-refractivity contribution < 1.29 is 17.9 Å². The number of nitrogens with zero attached hydrogens (tertiary/aromatic N) is 2. The first-order valence-electron chi connectivity index (χ1n) is 8.67. The van der Waals surface area contributed by atoms with Crippen LogP contribution in [0.15, 0.2) is 30.3 Å². The first-order valence-corrected chi connectivity index (χ1v) is 8.67. The van der Waals surface area contributed by atoms with Crippen molar-refractivity contribution in [2.75, 3.05) is 17.2 Å². The lowest BCUT2D eigenvalue weighted by Gasteiger charge is -2.16. The summed E-state index contributed by atoms with van der Waals surface area (Å²) in [7, 11) is 0. The molecule has 0 radical (unpaired) electrons. The minimum atomic E-state index is -4.54. The predicted molar refractivity (Wildman–Crippen MR) is 93.8 cm³/mol. The Hall–Kier alpha value is -2.51. The van der Waals surface area contributed by atoms with Crippen molar-refractivity contribution in [2.45, 2.75) is 44.8 Å². The number of aromatic nitrogens is 2. The van der Waals surface area contributed by atoms with Gasteiger partial charge in [0.05, 0.1) is 6.61 Å². The molecule has 1 aliphatic carbocycles. The monoisotopic (exact) mass is 366 g/mol. The Kier molecular flexibility index (Phi) is 5.49. The first-order chi connectivity index (χ1) is 12.4. The smallest absolute Gasteiger partial charge is 0.433 e. The maximum atomic E-state index is 13.2. The highest BCUT2D eigenvalue weighted by atomic mass is 19.4. The van der Waals surface area contributed by atoms with Crippen LogP contribution in [-0.2, 0) is 6.18 Å². The molecule has 0 atom stereocenters. The van der Waals surface area contributed by atoms with E-state index in [1.807, 2.05) is 6.92 Å². The number of halogens is 3. The second-order valence-corrected chi connectivity index (χ2v) is 6.17. The summed E-state index contributed by atoms with van der Waals surface area (Å²) in [4.78, 5) is 7.84. The molecule has 0 bridgehead atoms. The van der Waals surface area contributed by atoms with Crippen LogP contribution in [-0.4, -0.2) is 22.6 Å². The third-order valence-corrected chi connectivity index (χ3v) is 4.14. The standard InChI is InChI=1S/C18H21F3N4O/c1-2-26-14-9-7-13(8-10-14)22-16-11-15(18(19,20)21)24-17(25-16)23-12-5-3-4-6-12/h7-12H,2-6H2,1H3,(H2,22,23,24,25). The molecule has 1 saturated carbocycles. The van der Waals surface area contributed by atoms with E-state index in [0.717, 1.165) is 31.7 Å². The zero-order valence-corrected chi connectivity index (χ0v) is 14.4. The van der Waals surface area contributed by atoms with E-state index in [2.05, 4.69) is 20.6 Å². The van der Waals surface area contributed by atoms with E-state index in [9.17, 15) is 13.2 Å². The van der Waals surface area contributed by atoms with Crippen LogP contribution in [0.2, 0.25) is 0 Å². The number of hydrogen-bond donors (Lipinski definition) is 2. The second kappa shape index (κ2) is 7.80. The van der Waals surface area contributed by atoms with Gasteiger partial charge in [-0.25, -0.2) is 4.98 Å². The van der Waals surface area contributed by atoms with E-state index in [4.69, 9.17) is 4.74 Å². The number of hydrogen-bond acceptors (Lipinski definition) is 5. The van der Waals surface area contributed by atoms with Gasteiger partial charge >= 0.3 is 6.18 Å². The third-order valence-electron chi connectivity index (χ3n) is 4.14.